The van der Waals surface area contributed by atoms with Crippen LogP contribution in [0.4, 0.5) is 17.6 Å². The first kappa shape index (κ1) is 24.6. The van der Waals surface area contributed by atoms with E-state index in [0.29, 0.717) is 5.92 Å². The summed E-state index contributed by atoms with van der Waals surface area (Å²) in [5, 5.41) is 3.80. The summed E-state index contributed by atoms with van der Waals surface area (Å²) < 4.78 is 52.7. The molecule has 2 aliphatic carbocycles. The minimum atomic E-state index is -2.78. The molecule has 0 aromatic carbocycles. The quantitative estimate of drug-likeness (QED) is 0.484. The van der Waals surface area contributed by atoms with Gasteiger partial charge in [0, 0.05) is 49.0 Å². The van der Waals surface area contributed by atoms with Gasteiger partial charge in [0.05, 0.1) is 16.3 Å². The SMILES string of the molecule is O=C(N[C@H]1CC[C@H](CCN2CCc3sc(C4CC(F)(F)C4)nc3C2)CC1)c1cccnc1C(F)F. The van der Waals surface area contributed by atoms with Crippen molar-refractivity contribution >= 4 is 17.2 Å². The topological polar surface area (TPSA) is 58.1 Å². The fraction of sp³-hybridized carbons (Fsp3) is 0.640. The molecule has 0 bridgehead atoms. The minimum absolute atomic E-state index is 0.00525. The summed E-state index contributed by atoms with van der Waals surface area (Å²) >= 11 is 1.62. The average molecular weight is 511 g/mol. The van der Waals surface area contributed by atoms with E-state index in [1.54, 1.807) is 11.3 Å². The number of rotatable bonds is 7. The second-order valence-corrected chi connectivity index (χ2v) is 11.2. The molecule has 0 radical (unpaired) electrons. The van der Waals surface area contributed by atoms with Gasteiger partial charge < -0.3 is 5.32 Å². The van der Waals surface area contributed by atoms with Crippen molar-refractivity contribution in [3.05, 3.63) is 45.2 Å². The highest BCUT2D eigenvalue weighted by Crippen LogP contribution is 2.49. The molecular weight excluding hydrogens is 480 g/mol. The van der Waals surface area contributed by atoms with Crippen LogP contribution in [0.25, 0.3) is 0 Å². The Morgan fingerprint density at radius 2 is 2.00 bits per heavy atom. The van der Waals surface area contributed by atoms with Gasteiger partial charge >= 0.3 is 0 Å². The predicted molar refractivity (Wildman–Crippen MR) is 125 cm³/mol. The first-order valence-corrected chi connectivity index (χ1v) is 13.2. The van der Waals surface area contributed by atoms with E-state index in [9.17, 15) is 22.4 Å². The van der Waals surface area contributed by atoms with Gasteiger partial charge in [-0.15, -0.1) is 11.3 Å². The number of carbonyl (C=O) groups is 1. The summed E-state index contributed by atoms with van der Waals surface area (Å²) in [6, 6.07) is 2.89. The number of fused-ring (bicyclic) bond motifs is 1. The van der Waals surface area contributed by atoms with Gasteiger partial charge in [-0.2, -0.15) is 0 Å². The number of halogens is 4. The summed E-state index contributed by atoms with van der Waals surface area (Å²) in [6.07, 6.45) is 4.03. The molecule has 5 rings (SSSR count). The highest BCUT2D eigenvalue weighted by molar-refractivity contribution is 7.11. The van der Waals surface area contributed by atoms with E-state index >= 15 is 0 Å². The molecule has 2 aromatic rings. The van der Waals surface area contributed by atoms with Crippen molar-refractivity contribution in [2.24, 2.45) is 5.92 Å². The molecule has 2 aromatic heterocycles. The zero-order valence-electron chi connectivity index (χ0n) is 19.5. The van der Waals surface area contributed by atoms with Crippen molar-refractivity contribution in [1.29, 1.82) is 0 Å². The van der Waals surface area contributed by atoms with Gasteiger partial charge in [-0.05, 0) is 63.1 Å². The molecular formula is C25H30F4N4OS. The fourth-order valence-corrected chi connectivity index (χ4v) is 6.64. The summed E-state index contributed by atoms with van der Waals surface area (Å²) in [6.45, 7) is 2.74. The maximum Gasteiger partial charge on any atom is 0.281 e. The largest absolute Gasteiger partial charge is 0.349 e. The third-order valence-electron chi connectivity index (χ3n) is 7.59. The number of aromatic nitrogens is 2. The lowest BCUT2D eigenvalue weighted by Gasteiger charge is -2.33. The standard InChI is InChI=1S/C25H30F4N4OS/c26-22(27)21-18(2-1-9-30-21)23(34)31-17-5-3-15(4-6-17)7-10-33-11-8-20-19(14-33)32-24(35-20)16-12-25(28,29)13-16/h1-2,9,15-17,22H,3-8,10-14H2,(H,31,34)/t15-,17-. The van der Waals surface area contributed by atoms with Crippen LogP contribution in [0.1, 0.15) is 88.9 Å². The Morgan fingerprint density at radius 1 is 1.23 bits per heavy atom. The number of hydrogen-bond donors (Lipinski definition) is 1. The van der Waals surface area contributed by atoms with Crippen molar-refractivity contribution < 1.29 is 22.4 Å². The summed E-state index contributed by atoms with van der Waals surface area (Å²) in [5.74, 6) is -2.50. The lowest BCUT2D eigenvalue weighted by Crippen LogP contribution is -2.39. The highest BCUT2D eigenvalue weighted by atomic mass is 32.1. The Hall–Kier alpha value is -2.07. The van der Waals surface area contributed by atoms with Gasteiger partial charge in [0.2, 0.25) is 5.92 Å². The molecule has 0 saturated heterocycles. The van der Waals surface area contributed by atoms with Crippen LogP contribution in [0.2, 0.25) is 0 Å². The lowest BCUT2D eigenvalue weighted by atomic mass is 9.82. The third kappa shape index (κ3) is 5.69. The number of thiazole rings is 1. The highest BCUT2D eigenvalue weighted by Gasteiger charge is 2.47. The number of hydrogen-bond acceptors (Lipinski definition) is 5. The van der Waals surface area contributed by atoms with Crippen molar-refractivity contribution in [2.45, 2.75) is 82.2 Å². The average Bonchev–Trinajstić information content (AvgIpc) is 3.25. The zero-order chi connectivity index (χ0) is 24.6. The van der Waals surface area contributed by atoms with Gasteiger partial charge in [-0.3, -0.25) is 14.7 Å². The fourth-order valence-electron chi connectivity index (χ4n) is 5.48. The molecule has 2 saturated carbocycles. The monoisotopic (exact) mass is 510 g/mol. The molecule has 35 heavy (non-hydrogen) atoms. The van der Waals surface area contributed by atoms with E-state index in [4.69, 9.17) is 4.98 Å². The van der Waals surface area contributed by atoms with Crippen molar-refractivity contribution in [2.75, 3.05) is 13.1 Å². The molecule has 1 amide bonds. The number of amides is 1. The van der Waals surface area contributed by atoms with Crippen LogP contribution in [0, 0.1) is 5.92 Å². The zero-order valence-corrected chi connectivity index (χ0v) is 20.3. The lowest BCUT2D eigenvalue weighted by molar-refractivity contribution is -0.0868. The molecule has 1 aliphatic heterocycles. The number of nitrogens with one attached hydrogen (secondary N) is 1. The summed E-state index contributed by atoms with van der Waals surface area (Å²) in [5.41, 5.74) is 0.544. The Kier molecular flexibility index (Phi) is 7.12. The summed E-state index contributed by atoms with van der Waals surface area (Å²) in [4.78, 5) is 24.6. The first-order valence-electron chi connectivity index (χ1n) is 12.4. The molecule has 0 unspecified atom stereocenters. The Labute approximate surface area is 206 Å². The number of alkyl halides is 4. The van der Waals surface area contributed by atoms with Crippen LogP contribution in [-0.4, -0.2) is 45.8 Å². The van der Waals surface area contributed by atoms with E-state index in [0.717, 1.165) is 68.9 Å². The first-order chi connectivity index (χ1) is 16.8. The van der Waals surface area contributed by atoms with Gasteiger partial charge in [-0.1, -0.05) is 0 Å². The van der Waals surface area contributed by atoms with Crippen molar-refractivity contribution in [1.82, 2.24) is 20.2 Å². The van der Waals surface area contributed by atoms with E-state index in [1.807, 2.05) is 0 Å². The smallest absolute Gasteiger partial charge is 0.281 e. The normalized spacial score (nSPS) is 24.7. The van der Waals surface area contributed by atoms with Crippen molar-refractivity contribution in [3.8, 4) is 0 Å². The van der Waals surface area contributed by atoms with Crippen LogP contribution in [0.3, 0.4) is 0 Å². The van der Waals surface area contributed by atoms with E-state index in [-0.39, 0.29) is 30.4 Å². The second-order valence-electron chi connectivity index (χ2n) is 10.1. The van der Waals surface area contributed by atoms with Gasteiger partial charge in [-0.25, -0.2) is 22.5 Å². The minimum Gasteiger partial charge on any atom is -0.349 e. The molecule has 190 valence electrons. The Bertz CT molecular complexity index is 1050. The van der Waals surface area contributed by atoms with Crippen LogP contribution >= 0.6 is 11.3 Å². The Balaban J connectivity index is 1.05. The molecule has 1 N–H and O–H groups in total. The number of carbonyl (C=O) groups excluding carboxylic acids is 1. The van der Waals surface area contributed by atoms with Gasteiger partial charge in [0.15, 0.2) is 0 Å². The molecule has 3 heterocycles. The Morgan fingerprint density at radius 3 is 2.71 bits per heavy atom. The van der Waals surface area contributed by atoms with Crippen LogP contribution < -0.4 is 5.32 Å². The molecule has 0 spiro atoms. The molecule has 5 nitrogen and oxygen atoms in total. The summed E-state index contributed by atoms with van der Waals surface area (Å²) in [7, 11) is 0. The maximum atomic E-state index is 13.2. The van der Waals surface area contributed by atoms with Crippen LogP contribution in [0.5, 0.6) is 0 Å². The second kappa shape index (κ2) is 10.1. The van der Waals surface area contributed by atoms with Crippen molar-refractivity contribution in [3.63, 3.8) is 0 Å². The van der Waals surface area contributed by atoms with E-state index in [2.05, 4.69) is 15.2 Å². The van der Waals surface area contributed by atoms with Crippen LogP contribution in [0.15, 0.2) is 18.3 Å². The molecule has 10 heteroatoms. The number of nitrogens with zero attached hydrogens (tertiary/aromatic N) is 3. The molecule has 2 fully saturated rings. The molecule has 3 aliphatic rings. The maximum absolute atomic E-state index is 13.2. The van der Waals surface area contributed by atoms with Gasteiger partial charge in [0.25, 0.3) is 12.3 Å². The third-order valence-corrected chi connectivity index (χ3v) is 8.91. The van der Waals surface area contributed by atoms with E-state index in [1.165, 1.54) is 23.2 Å². The number of pyridine rings is 1. The van der Waals surface area contributed by atoms with Gasteiger partial charge in [0.1, 0.15) is 5.69 Å². The predicted octanol–water partition coefficient (Wildman–Crippen LogP) is 5.73. The van der Waals surface area contributed by atoms with E-state index < -0.39 is 23.9 Å². The van der Waals surface area contributed by atoms with Crippen LogP contribution in [-0.2, 0) is 13.0 Å². The molecule has 0 atom stereocenters.